The molecule has 0 aliphatic carbocycles. The van der Waals surface area contributed by atoms with Gasteiger partial charge in [-0.05, 0) is 47.9 Å². The molecule has 1 heterocycles. The average Bonchev–Trinajstić information content (AvgIpc) is 2.74. The van der Waals surface area contributed by atoms with E-state index < -0.39 is 19.9 Å². The highest BCUT2D eigenvalue weighted by Gasteiger charge is 2.25. The van der Waals surface area contributed by atoms with Gasteiger partial charge in [0.25, 0.3) is 0 Å². The zero-order valence-electron chi connectivity index (χ0n) is 16.8. The van der Waals surface area contributed by atoms with Crippen LogP contribution < -0.4 is 4.72 Å². The van der Waals surface area contributed by atoms with Crippen molar-refractivity contribution in [2.24, 2.45) is 0 Å². The quantitative estimate of drug-likeness (QED) is 0.573. The van der Waals surface area contributed by atoms with Gasteiger partial charge in [0.2, 0.25) is 19.9 Å². The van der Waals surface area contributed by atoms with Crippen molar-refractivity contribution in [3.63, 3.8) is 0 Å². The lowest BCUT2D eigenvalue weighted by Gasteiger charge is -2.16. The van der Waals surface area contributed by atoms with E-state index in [1.807, 2.05) is 26.0 Å². The zero-order chi connectivity index (χ0) is 21.8. The predicted octanol–water partition coefficient (Wildman–Crippen LogP) is 3.56. The minimum Gasteiger partial charge on any atom is -0.261 e. The molecule has 8 heteroatoms. The molecule has 0 fully saturated rings. The summed E-state index contributed by atoms with van der Waals surface area (Å²) in [7, 11) is -7.74. The molecule has 0 unspecified atom stereocenters. The lowest BCUT2D eigenvalue weighted by atomic mass is 10.0. The second kappa shape index (κ2) is 9.07. The maximum Gasteiger partial charge on any atom is 0.240 e. The van der Waals surface area contributed by atoms with Gasteiger partial charge in [-0.15, -0.1) is 0 Å². The lowest BCUT2D eigenvalue weighted by molar-refractivity contribution is 0.578. The fourth-order valence-electron chi connectivity index (χ4n) is 3.06. The molecule has 1 aromatic heterocycles. The molecular weight excluding hydrogens is 420 g/mol. The molecule has 158 valence electrons. The smallest absolute Gasteiger partial charge is 0.240 e. The second-order valence-corrected chi connectivity index (χ2v) is 10.8. The summed E-state index contributed by atoms with van der Waals surface area (Å²) in [6, 6.07) is 17.7. The van der Waals surface area contributed by atoms with Crippen molar-refractivity contribution in [2.45, 2.75) is 40.9 Å². The SMILES string of the molecule is CC(C)c1ccc(S(=O)(=O)c2ccccc2)cc1S(=O)(=O)NCCc1ccccn1. The maximum atomic E-state index is 13.0. The van der Waals surface area contributed by atoms with E-state index in [1.165, 1.54) is 24.3 Å². The van der Waals surface area contributed by atoms with Crippen molar-refractivity contribution < 1.29 is 16.8 Å². The third-order valence-electron chi connectivity index (χ3n) is 4.66. The number of pyridine rings is 1. The number of aromatic nitrogens is 1. The Labute approximate surface area is 178 Å². The molecular formula is C22H24N2O4S2. The minimum absolute atomic E-state index is 0.0180. The van der Waals surface area contributed by atoms with Crippen LogP contribution in [0.1, 0.15) is 31.0 Å². The van der Waals surface area contributed by atoms with Crippen molar-refractivity contribution >= 4 is 19.9 Å². The van der Waals surface area contributed by atoms with Gasteiger partial charge in [-0.2, -0.15) is 0 Å². The lowest BCUT2D eigenvalue weighted by Crippen LogP contribution is -2.27. The third kappa shape index (κ3) is 4.95. The van der Waals surface area contributed by atoms with E-state index in [-0.39, 0.29) is 27.1 Å². The highest BCUT2D eigenvalue weighted by atomic mass is 32.2. The number of nitrogens with zero attached hydrogens (tertiary/aromatic N) is 1. The number of benzene rings is 2. The van der Waals surface area contributed by atoms with Gasteiger partial charge in [-0.25, -0.2) is 21.6 Å². The Morgan fingerprint density at radius 3 is 2.20 bits per heavy atom. The fourth-order valence-corrected chi connectivity index (χ4v) is 5.87. The number of rotatable bonds is 8. The van der Waals surface area contributed by atoms with Gasteiger partial charge in [-0.3, -0.25) is 4.98 Å². The molecule has 0 bridgehead atoms. The molecule has 0 saturated heterocycles. The molecule has 6 nitrogen and oxygen atoms in total. The highest BCUT2D eigenvalue weighted by molar-refractivity contribution is 7.91. The van der Waals surface area contributed by atoms with Gasteiger partial charge in [0.15, 0.2) is 0 Å². The molecule has 0 atom stereocenters. The Hall–Kier alpha value is -2.55. The van der Waals surface area contributed by atoms with Gasteiger partial charge in [0, 0.05) is 24.9 Å². The van der Waals surface area contributed by atoms with Crippen molar-refractivity contribution in [3.8, 4) is 0 Å². The summed E-state index contributed by atoms with van der Waals surface area (Å²) in [5.74, 6) is -0.0964. The molecule has 0 aliphatic rings. The first-order valence-corrected chi connectivity index (χ1v) is 12.5. The van der Waals surface area contributed by atoms with Crippen LogP contribution in [-0.2, 0) is 26.3 Å². The summed E-state index contributed by atoms with van der Waals surface area (Å²) >= 11 is 0. The topological polar surface area (TPSA) is 93.2 Å². The normalized spacial score (nSPS) is 12.2. The first-order valence-electron chi connectivity index (χ1n) is 9.55. The Kier molecular flexibility index (Phi) is 6.70. The van der Waals surface area contributed by atoms with Crippen molar-refractivity contribution in [3.05, 3.63) is 84.2 Å². The van der Waals surface area contributed by atoms with E-state index in [4.69, 9.17) is 0 Å². The average molecular weight is 445 g/mol. The molecule has 1 N–H and O–H groups in total. The highest BCUT2D eigenvalue weighted by Crippen LogP contribution is 2.29. The summed E-state index contributed by atoms with van der Waals surface area (Å²) in [4.78, 5) is 4.23. The van der Waals surface area contributed by atoms with Crippen LogP contribution in [0.3, 0.4) is 0 Å². The molecule has 2 aromatic carbocycles. The monoisotopic (exact) mass is 444 g/mol. The van der Waals surface area contributed by atoms with Crippen LogP contribution in [0.2, 0.25) is 0 Å². The first kappa shape index (κ1) is 22.1. The molecule has 3 rings (SSSR count). The Morgan fingerprint density at radius 2 is 1.57 bits per heavy atom. The fraction of sp³-hybridized carbons (Fsp3) is 0.227. The molecule has 0 spiro atoms. The summed E-state index contributed by atoms with van der Waals surface area (Å²) in [6.45, 7) is 3.90. The number of nitrogens with one attached hydrogen (secondary N) is 1. The number of sulfonamides is 1. The molecule has 30 heavy (non-hydrogen) atoms. The van der Waals surface area contributed by atoms with E-state index in [9.17, 15) is 16.8 Å². The Bertz CT molecular complexity index is 1210. The summed E-state index contributed by atoms with van der Waals surface area (Å²) in [5.41, 5.74) is 1.33. The third-order valence-corrected chi connectivity index (χ3v) is 7.94. The summed E-state index contributed by atoms with van der Waals surface area (Å²) in [5, 5.41) is 0. The van der Waals surface area contributed by atoms with Crippen molar-refractivity contribution in [1.82, 2.24) is 9.71 Å². The number of sulfone groups is 1. The van der Waals surface area contributed by atoms with Gasteiger partial charge in [0.1, 0.15) is 0 Å². The van der Waals surface area contributed by atoms with Crippen LogP contribution >= 0.6 is 0 Å². The van der Waals surface area contributed by atoms with Gasteiger partial charge < -0.3 is 0 Å². The minimum atomic E-state index is -3.91. The number of hydrogen-bond acceptors (Lipinski definition) is 5. The summed E-state index contributed by atoms with van der Waals surface area (Å²) < 4.78 is 54.6. The van der Waals surface area contributed by atoms with E-state index in [1.54, 1.807) is 36.5 Å². The Morgan fingerprint density at radius 1 is 0.867 bits per heavy atom. The summed E-state index contributed by atoms with van der Waals surface area (Å²) in [6.07, 6.45) is 2.08. The van der Waals surface area contributed by atoms with Crippen LogP contribution in [0, 0.1) is 0 Å². The van der Waals surface area contributed by atoms with Gasteiger partial charge in [0.05, 0.1) is 14.7 Å². The van der Waals surface area contributed by atoms with Crippen molar-refractivity contribution in [2.75, 3.05) is 6.54 Å². The molecule has 0 saturated carbocycles. The maximum absolute atomic E-state index is 13.0. The molecule has 0 aliphatic heterocycles. The predicted molar refractivity (Wildman–Crippen MR) is 116 cm³/mol. The van der Waals surface area contributed by atoms with E-state index in [0.29, 0.717) is 12.0 Å². The van der Waals surface area contributed by atoms with Crippen molar-refractivity contribution in [1.29, 1.82) is 0 Å². The van der Waals surface area contributed by atoms with Gasteiger partial charge in [-0.1, -0.05) is 44.2 Å². The van der Waals surface area contributed by atoms with Crippen LogP contribution in [0.25, 0.3) is 0 Å². The zero-order valence-corrected chi connectivity index (χ0v) is 18.4. The largest absolute Gasteiger partial charge is 0.261 e. The van der Waals surface area contributed by atoms with Crippen LogP contribution in [-0.4, -0.2) is 28.4 Å². The standard InChI is InChI=1S/C22H24N2O4S2/c1-17(2)21-12-11-20(29(25,26)19-9-4-3-5-10-19)16-22(21)30(27,28)24-15-13-18-8-6-7-14-23-18/h3-12,14,16-17,24H,13,15H2,1-2H3. The second-order valence-electron chi connectivity index (χ2n) is 7.14. The van der Waals surface area contributed by atoms with E-state index >= 15 is 0 Å². The molecule has 0 amide bonds. The van der Waals surface area contributed by atoms with E-state index in [0.717, 1.165) is 5.69 Å². The first-order chi connectivity index (χ1) is 14.2. The van der Waals surface area contributed by atoms with Crippen LogP contribution in [0.15, 0.2) is 87.6 Å². The molecule has 0 radical (unpaired) electrons. The molecule has 3 aromatic rings. The van der Waals surface area contributed by atoms with Gasteiger partial charge >= 0.3 is 0 Å². The van der Waals surface area contributed by atoms with E-state index in [2.05, 4.69) is 9.71 Å². The van der Waals surface area contributed by atoms with Crippen LogP contribution in [0.5, 0.6) is 0 Å². The number of hydrogen-bond donors (Lipinski definition) is 1. The Balaban J connectivity index is 1.94. The van der Waals surface area contributed by atoms with Crippen LogP contribution in [0.4, 0.5) is 0 Å².